The average Bonchev–Trinajstić information content (AvgIpc) is 2.57. The Morgan fingerprint density at radius 2 is 1.41 bits per heavy atom. The highest BCUT2D eigenvalue weighted by molar-refractivity contribution is 5.92. The predicted octanol–water partition coefficient (Wildman–Crippen LogP) is 3.96. The molecule has 0 bridgehead atoms. The van der Waals surface area contributed by atoms with Gasteiger partial charge in [0.25, 0.3) is 0 Å². The fraction of sp³-hybridized carbons (Fsp3) is 0.278. The summed E-state index contributed by atoms with van der Waals surface area (Å²) >= 11 is 0. The van der Waals surface area contributed by atoms with Crippen molar-refractivity contribution in [2.75, 3.05) is 18.9 Å². The van der Waals surface area contributed by atoms with Gasteiger partial charge in [0.15, 0.2) is 0 Å². The first-order valence-electron chi connectivity index (χ1n) is 7.89. The number of halogens is 4. The van der Waals surface area contributed by atoms with Gasteiger partial charge in [0, 0.05) is 12.2 Å². The Kier molecular flexibility index (Phi) is 7.42. The van der Waals surface area contributed by atoms with Crippen molar-refractivity contribution < 1.29 is 31.8 Å². The van der Waals surface area contributed by atoms with Crippen LogP contribution in [0.2, 0.25) is 0 Å². The largest absolute Gasteiger partial charge is 0.435 e. The number of likely N-dealkylation sites (N-methyl/N-ethyl adjacent to an activating group) is 1. The Bertz CT molecular complexity index is 724. The zero-order valence-corrected chi connectivity index (χ0v) is 14.4. The Morgan fingerprint density at radius 1 is 0.926 bits per heavy atom. The lowest BCUT2D eigenvalue weighted by Gasteiger charge is -2.17. The third-order valence-electron chi connectivity index (χ3n) is 3.38. The number of nitrogens with zero attached hydrogens (tertiary/aromatic N) is 1. The molecule has 2 aromatic carbocycles. The van der Waals surface area contributed by atoms with E-state index in [1.807, 2.05) is 0 Å². The van der Waals surface area contributed by atoms with Crippen LogP contribution in [0.3, 0.4) is 0 Å². The number of hydrogen-bond acceptors (Lipinski definition) is 4. The molecule has 0 aliphatic rings. The second kappa shape index (κ2) is 9.77. The Balaban J connectivity index is 1.81. The van der Waals surface area contributed by atoms with Gasteiger partial charge in [-0.05, 0) is 49.0 Å². The molecule has 0 atom stereocenters. The van der Waals surface area contributed by atoms with Crippen molar-refractivity contribution in [2.45, 2.75) is 19.8 Å². The minimum atomic E-state index is -2.91. The van der Waals surface area contributed by atoms with E-state index < -0.39 is 13.2 Å². The molecule has 0 aromatic heterocycles. The van der Waals surface area contributed by atoms with E-state index in [-0.39, 0.29) is 24.0 Å². The lowest BCUT2D eigenvalue weighted by atomic mass is 10.2. The molecule has 0 saturated heterocycles. The molecular formula is C18H18F4N2O3. The van der Waals surface area contributed by atoms with E-state index in [4.69, 9.17) is 0 Å². The van der Waals surface area contributed by atoms with E-state index in [1.54, 1.807) is 24.1 Å². The average molecular weight is 386 g/mol. The van der Waals surface area contributed by atoms with Gasteiger partial charge in [-0.15, -0.1) is 0 Å². The van der Waals surface area contributed by atoms with Crippen molar-refractivity contribution in [1.29, 1.82) is 0 Å². The fourth-order valence-electron chi connectivity index (χ4n) is 2.31. The number of amides is 1. The van der Waals surface area contributed by atoms with E-state index in [1.165, 1.54) is 36.4 Å². The fourth-order valence-corrected chi connectivity index (χ4v) is 2.31. The molecule has 0 heterocycles. The molecule has 0 fully saturated rings. The Morgan fingerprint density at radius 3 is 1.89 bits per heavy atom. The van der Waals surface area contributed by atoms with Crippen molar-refractivity contribution in [3.05, 3.63) is 54.1 Å². The Hall–Kier alpha value is -2.81. The normalized spacial score (nSPS) is 11.1. The molecule has 2 aromatic rings. The minimum Gasteiger partial charge on any atom is -0.435 e. The number of anilines is 1. The summed E-state index contributed by atoms with van der Waals surface area (Å²) in [5.41, 5.74) is 1.27. The number of nitrogens with one attached hydrogen (secondary N) is 1. The van der Waals surface area contributed by atoms with Gasteiger partial charge in [0.05, 0.1) is 6.54 Å². The van der Waals surface area contributed by atoms with E-state index in [0.717, 1.165) is 5.56 Å². The first kappa shape index (κ1) is 20.5. The van der Waals surface area contributed by atoms with Gasteiger partial charge in [-0.3, -0.25) is 9.69 Å². The number of alkyl halides is 4. The molecule has 0 unspecified atom stereocenters. The first-order chi connectivity index (χ1) is 12.8. The SMILES string of the molecule is CN(CC(=O)Nc1ccc(OC(F)F)cc1)Cc1ccc(OC(F)F)cc1. The lowest BCUT2D eigenvalue weighted by Crippen LogP contribution is -2.29. The van der Waals surface area contributed by atoms with Crippen LogP contribution < -0.4 is 14.8 Å². The topological polar surface area (TPSA) is 50.8 Å². The highest BCUT2D eigenvalue weighted by atomic mass is 19.3. The summed E-state index contributed by atoms with van der Waals surface area (Å²) in [4.78, 5) is 13.8. The van der Waals surface area contributed by atoms with Gasteiger partial charge in [-0.1, -0.05) is 12.1 Å². The summed E-state index contributed by atoms with van der Waals surface area (Å²) in [6, 6.07) is 11.7. The van der Waals surface area contributed by atoms with E-state index in [2.05, 4.69) is 14.8 Å². The monoisotopic (exact) mass is 386 g/mol. The second-order valence-electron chi connectivity index (χ2n) is 5.65. The zero-order chi connectivity index (χ0) is 19.8. The van der Waals surface area contributed by atoms with Crippen LogP contribution >= 0.6 is 0 Å². The highest BCUT2D eigenvalue weighted by Gasteiger charge is 2.10. The molecule has 27 heavy (non-hydrogen) atoms. The molecule has 0 aliphatic carbocycles. The van der Waals surface area contributed by atoms with Gasteiger partial charge in [0.2, 0.25) is 5.91 Å². The predicted molar refractivity (Wildman–Crippen MR) is 91.1 cm³/mol. The van der Waals surface area contributed by atoms with E-state index in [0.29, 0.717) is 12.2 Å². The molecule has 0 aliphatic heterocycles. The minimum absolute atomic E-state index is 0.000569. The van der Waals surface area contributed by atoms with Crippen molar-refractivity contribution >= 4 is 11.6 Å². The summed E-state index contributed by atoms with van der Waals surface area (Å²) in [6.45, 7) is -5.29. The van der Waals surface area contributed by atoms with Crippen LogP contribution in [0.4, 0.5) is 23.2 Å². The highest BCUT2D eigenvalue weighted by Crippen LogP contribution is 2.18. The summed E-state index contributed by atoms with van der Waals surface area (Å²) in [6.07, 6.45) is 0. The maximum Gasteiger partial charge on any atom is 0.387 e. The number of benzene rings is 2. The maximum absolute atomic E-state index is 12.1. The number of carbonyl (C=O) groups excluding carboxylic acids is 1. The smallest absolute Gasteiger partial charge is 0.387 e. The van der Waals surface area contributed by atoms with Crippen LogP contribution in [0.1, 0.15) is 5.56 Å². The third-order valence-corrected chi connectivity index (χ3v) is 3.38. The summed E-state index contributed by atoms with van der Waals surface area (Å²) in [5, 5.41) is 2.64. The van der Waals surface area contributed by atoms with Gasteiger partial charge in [-0.2, -0.15) is 17.6 Å². The summed E-state index contributed by atoms with van der Waals surface area (Å²) in [5.74, 6) is -0.231. The second-order valence-corrected chi connectivity index (χ2v) is 5.65. The first-order valence-corrected chi connectivity index (χ1v) is 7.89. The maximum atomic E-state index is 12.1. The quantitative estimate of drug-likeness (QED) is 0.663. The van der Waals surface area contributed by atoms with Gasteiger partial charge in [0.1, 0.15) is 11.5 Å². The van der Waals surface area contributed by atoms with Crippen LogP contribution in [-0.4, -0.2) is 37.6 Å². The van der Waals surface area contributed by atoms with Crippen LogP contribution in [0.5, 0.6) is 11.5 Å². The Labute approximate surface area is 153 Å². The molecule has 146 valence electrons. The molecule has 2 rings (SSSR count). The van der Waals surface area contributed by atoms with Crippen molar-refractivity contribution in [3.63, 3.8) is 0 Å². The molecular weight excluding hydrogens is 368 g/mol. The van der Waals surface area contributed by atoms with Crippen LogP contribution in [-0.2, 0) is 11.3 Å². The number of ether oxygens (including phenoxy) is 2. The number of carbonyl (C=O) groups is 1. The van der Waals surface area contributed by atoms with Crippen molar-refractivity contribution in [2.24, 2.45) is 0 Å². The third kappa shape index (κ3) is 7.53. The standard InChI is InChI=1S/C18H18F4N2O3/c1-24(10-12-2-6-14(7-3-12)26-17(19)20)11-16(25)23-13-4-8-15(9-5-13)27-18(21)22/h2-9,17-18H,10-11H2,1H3,(H,23,25). The zero-order valence-electron chi connectivity index (χ0n) is 14.4. The molecule has 0 radical (unpaired) electrons. The van der Waals surface area contributed by atoms with Crippen molar-refractivity contribution in [3.8, 4) is 11.5 Å². The molecule has 5 nitrogen and oxygen atoms in total. The summed E-state index contributed by atoms with van der Waals surface area (Å²) < 4.78 is 56.9. The summed E-state index contributed by atoms with van der Waals surface area (Å²) in [7, 11) is 1.72. The van der Waals surface area contributed by atoms with Crippen LogP contribution in [0.25, 0.3) is 0 Å². The number of hydrogen-bond donors (Lipinski definition) is 1. The van der Waals surface area contributed by atoms with Crippen LogP contribution in [0.15, 0.2) is 48.5 Å². The molecule has 1 N–H and O–H groups in total. The molecule has 0 spiro atoms. The number of rotatable bonds is 9. The molecule has 1 amide bonds. The van der Waals surface area contributed by atoms with Gasteiger partial charge >= 0.3 is 13.2 Å². The van der Waals surface area contributed by atoms with Gasteiger partial charge < -0.3 is 14.8 Å². The lowest BCUT2D eigenvalue weighted by molar-refractivity contribution is -0.117. The van der Waals surface area contributed by atoms with Gasteiger partial charge in [-0.25, -0.2) is 0 Å². The van der Waals surface area contributed by atoms with E-state index >= 15 is 0 Å². The molecule has 9 heteroatoms. The van der Waals surface area contributed by atoms with E-state index in [9.17, 15) is 22.4 Å². The van der Waals surface area contributed by atoms with Crippen LogP contribution in [0, 0.1) is 0 Å². The molecule has 0 saturated carbocycles. The van der Waals surface area contributed by atoms with Crippen molar-refractivity contribution in [1.82, 2.24) is 4.90 Å².